The first-order chi connectivity index (χ1) is 12.5. The second kappa shape index (κ2) is 6.11. The van der Waals surface area contributed by atoms with E-state index in [1.807, 2.05) is 43.5 Å². The monoisotopic (exact) mass is 361 g/mol. The third-order valence-electron chi connectivity index (χ3n) is 4.93. The average molecular weight is 361 g/mol. The Hall–Kier alpha value is -2.92. The fraction of sp³-hybridized carbons (Fsp3) is 0.143. The lowest BCUT2D eigenvalue weighted by atomic mass is 10.0. The Labute approximate surface area is 157 Å². The molecule has 1 amide bonds. The quantitative estimate of drug-likeness (QED) is 0.512. The molecule has 1 saturated heterocycles. The molecule has 3 aromatic rings. The summed E-state index contributed by atoms with van der Waals surface area (Å²) in [5, 5.41) is 1.63. The van der Waals surface area contributed by atoms with Crippen molar-refractivity contribution < 1.29 is 4.79 Å². The molecule has 0 radical (unpaired) electrons. The van der Waals surface area contributed by atoms with Gasteiger partial charge in [-0.15, -0.1) is 0 Å². The maximum absolute atomic E-state index is 12.6. The molecule has 26 heavy (non-hydrogen) atoms. The summed E-state index contributed by atoms with van der Waals surface area (Å²) < 4.78 is 2.18. The highest BCUT2D eigenvalue weighted by Crippen LogP contribution is 2.35. The normalized spacial score (nSPS) is 16.3. The topological polar surface area (TPSA) is 28.5 Å². The molecule has 0 N–H and O–H groups in total. The molecule has 0 aliphatic carbocycles. The van der Waals surface area contributed by atoms with E-state index < -0.39 is 0 Å². The first kappa shape index (κ1) is 16.5. The van der Waals surface area contributed by atoms with Crippen LogP contribution in [0.15, 0.2) is 60.3 Å². The highest BCUT2D eigenvalue weighted by molar-refractivity contribution is 7.80. The summed E-state index contributed by atoms with van der Waals surface area (Å²) in [6.45, 7) is 0. The van der Waals surface area contributed by atoms with Gasteiger partial charge in [-0.3, -0.25) is 9.69 Å². The zero-order chi connectivity index (χ0) is 18.4. The van der Waals surface area contributed by atoms with Crippen LogP contribution in [0.2, 0.25) is 0 Å². The molecule has 0 saturated carbocycles. The van der Waals surface area contributed by atoms with E-state index in [9.17, 15) is 4.79 Å². The summed E-state index contributed by atoms with van der Waals surface area (Å²) in [5.74, 6) is -0.0792. The molecule has 5 heteroatoms. The summed E-state index contributed by atoms with van der Waals surface area (Å²) >= 11 is 5.35. The lowest BCUT2D eigenvalue weighted by molar-refractivity contribution is -0.121. The lowest BCUT2D eigenvalue weighted by Gasteiger charge is -2.11. The molecule has 0 bridgehead atoms. The maximum atomic E-state index is 12.6. The van der Waals surface area contributed by atoms with E-state index in [1.165, 1.54) is 4.90 Å². The van der Waals surface area contributed by atoms with Crippen LogP contribution in [0.4, 0.5) is 0 Å². The van der Waals surface area contributed by atoms with Crippen LogP contribution in [0, 0.1) is 0 Å². The van der Waals surface area contributed by atoms with Crippen molar-refractivity contribution in [1.82, 2.24) is 14.4 Å². The van der Waals surface area contributed by atoms with E-state index >= 15 is 0 Å². The van der Waals surface area contributed by atoms with Crippen molar-refractivity contribution in [2.45, 2.75) is 0 Å². The Bertz CT molecular complexity index is 1070. The van der Waals surface area contributed by atoms with Gasteiger partial charge in [0, 0.05) is 37.6 Å². The molecular formula is C21H19N3OS. The molecule has 4 nitrogen and oxygen atoms in total. The number of carbonyl (C=O) groups is 1. The lowest BCUT2D eigenvalue weighted by Crippen LogP contribution is -2.26. The van der Waals surface area contributed by atoms with Gasteiger partial charge in [-0.1, -0.05) is 48.5 Å². The van der Waals surface area contributed by atoms with Gasteiger partial charge in [-0.25, -0.2) is 0 Å². The van der Waals surface area contributed by atoms with Crippen molar-refractivity contribution in [3.05, 3.63) is 65.9 Å². The molecule has 1 aliphatic heterocycles. The first-order valence-corrected chi connectivity index (χ1v) is 8.82. The summed E-state index contributed by atoms with van der Waals surface area (Å²) in [6.07, 6.45) is 1.96. The number of fused-ring (bicyclic) bond motifs is 1. The van der Waals surface area contributed by atoms with Crippen molar-refractivity contribution in [3.63, 3.8) is 0 Å². The number of rotatable bonds is 2. The van der Waals surface area contributed by atoms with Crippen LogP contribution in [-0.2, 0) is 11.8 Å². The second-order valence-corrected chi connectivity index (χ2v) is 6.80. The number of carbonyl (C=O) groups excluding carboxylic acids is 1. The van der Waals surface area contributed by atoms with Crippen molar-refractivity contribution in [2.24, 2.45) is 7.05 Å². The number of para-hydroxylation sites is 1. The zero-order valence-corrected chi connectivity index (χ0v) is 15.7. The number of hydrogen-bond acceptors (Lipinski definition) is 2. The van der Waals surface area contributed by atoms with Gasteiger partial charge >= 0.3 is 0 Å². The Morgan fingerprint density at radius 1 is 0.885 bits per heavy atom. The zero-order valence-electron chi connectivity index (χ0n) is 14.9. The van der Waals surface area contributed by atoms with Gasteiger partial charge in [-0.05, 0) is 29.9 Å². The number of thiocarbonyl (C=S) groups is 1. The Morgan fingerprint density at radius 3 is 2.19 bits per heavy atom. The minimum atomic E-state index is -0.0792. The second-order valence-electron chi connectivity index (χ2n) is 6.44. The number of amides is 1. The Morgan fingerprint density at radius 2 is 1.54 bits per heavy atom. The molecule has 4 rings (SSSR count). The largest absolute Gasteiger partial charge is 0.343 e. The Balaban J connectivity index is 2.02. The fourth-order valence-electron chi connectivity index (χ4n) is 3.54. The summed E-state index contributed by atoms with van der Waals surface area (Å²) in [4.78, 5) is 15.9. The van der Waals surface area contributed by atoms with Crippen molar-refractivity contribution in [1.29, 1.82) is 0 Å². The van der Waals surface area contributed by atoms with Crippen LogP contribution in [-0.4, -0.2) is 39.5 Å². The average Bonchev–Trinajstić information content (AvgIpc) is 3.05. The fourth-order valence-corrected chi connectivity index (χ4v) is 3.72. The molecule has 1 aromatic heterocycles. The van der Waals surface area contributed by atoms with Gasteiger partial charge in [0.15, 0.2) is 5.11 Å². The van der Waals surface area contributed by atoms with Gasteiger partial charge in [-0.2, -0.15) is 0 Å². The Kier molecular flexibility index (Phi) is 3.89. The number of hydrogen-bond donors (Lipinski definition) is 0. The minimum Gasteiger partial charge on any atom is -0.343 e. The predicted molar refractivity (Wildman–Crippen MR) is 109 cm³/mol. The van der Waals surface area contributed by atoms with Crippen molar-refractivity contribution >= 4 is 40.2 Å². The number of aryl methyl sites for hydroxylation is 1. The van der Waals surface area contributed by atoms with Crippen molar-refractivity contribution in [2.75, 3.05) is 14.1 Å². The number of aromatic nitrogens is 1. The molecule has 1 fully saturated rings. The number of nitrogens with zero attached hydrogens (tertiary/aromatic N) is 3. The van der Waals surface area contributed by atoms with Crippen LogP contribution < -0.4 is 0 Å². The molecule has 2 heterocycles. The van der Waals surface area contributed by atoms with Gasteiger partial charge < -0.3 is 9.47 Å². The van der Waals surface area contributed by atoms with Crippen LogP contribution >= 0.6 is 12.2 Å². The van der Waals surface area contributed by atoms with E-state index in [1.54, 1.807) is 11.9 Å². The van der Waals surface area contributed by atoms with E-state index in [0.29, 0.717) is 10.8 Å². The molecule has 0 atom stereocenters. The third-order valence-corrected chi connectivity index (χ3v) is 5.48. The maximum Gasteiger partial charge on any atom is 0.276 e. The van der Waals surface area contributed by atoms with E-state index in [-0.39, 0.29) is 5.91 Å². The summed E-state index contributed by atoms with van der Waals surface area (Å²) in [7, 11) is 5.61. The van der Waals surface area contributed by atoms with Crippen molar-refractivity contribution in [3.8, 4) is 11.3 Å². The molecule has 0 unspecified atom stereocenters. The summed E-state index contributed by atoms with van der Waals surface area (Å²) in [5.41, 5.74) is 4.94. The summed E-state index contributed by atoms with van der Waals surface area (Å²) in [6, 6.07) is 18.5. The highest BCUT2D eigenvalue weighted by Gasteiger charge is 2.33. The molecule has 1 aliphatic rings. The standard InChI is InChI=1S/C21H19N3OS/c1-22-17-12-8-7-11-15(17)16(19(22)14-9-5-4-6-10-14)13-18-20(25)24(3)21(26)23(18)2/h4-13H,1-3H3. The van der Waals surface area contributed by atoms with Gasteiger partial charge in [0.05, 0.1) is 5.69 Å². The van der Waals surface area contributed by atoms with Gasteiger partial charge in [0.25, 0.3) is 5.91 Å². The molecule has 2 aromatic carbocycles. The third kappa shape index (κ3) is 2.35. The van der Waals surface area contributed by atoms with Gasteiger partial charge in [0.2, 0.25) is 0 Å². The number of likely N-dealkylation sites (N-methyl/N-ethyl adjacent to an activating group) is 2. The predicted octanol–water partition coefficient (Wildman–Crippen LogP) is 3.87. The van der Waals surface area contributed by atoms with E-state index in [2.05, 4.69) is 35.9 Å². The van der Waals surface area contributed by atoms with Crippen LogP contribution in [0.25, 0.3) is 28.2 Å². The van der Waals surface area contributed by atoms with Crippen LogP contribution in [0.3, 0.4) is 0 Å². The molecular weight excluding hydrogens is 342 g/mol. The SMILES string of the molecule is CN1C(=O)C(=Cc2c(-c3ccccc3)n(C)c3ccccc23)N(C)C1=S. The molecule has 0 spiro atoms. The van der Waals surface area contributed by atoms with Crippen LogP contribution in [0.5, 0.6) is 0 Å². The number of benzene rings is 2. The van der Waals surface area contributed by atoms with Gasteiger partial charge in [0.1, 0.15) is 5.70 Å². The highest BCUT2D eigenvalue weighted by atomic mass is 32.1. The first-order valence-electron chi connectivity index (χ1n) is 8.41. The van der Waals surface area contributed by atoms with Crippen LogP contribution in [0.1, 0.15) is 5.56 Å². The molecule has 130 valence electrons. The van der Waals surface area contributed by atoms with E-state index in [0.717, 1.165) is 27.7 Å². The smallest absolute Gasteiger partial charge is 0.276 e. The minimum absolute atomic E-state index is 0.0792. The van der Waals surface area contributed by atoms with E-state index in [4.69, 9.17) is 12.2 Å².